The SMILES string of the molecule is C[C@H](OC(=O)c1ccc2c(c1)CCCC2)C(=O)NCc1cccs1. The average molecular weight is 343 g/mol. The van der Waals surface area contributed by atoms with Gasteiger partial charge in [-0.25, -0.2) is 4.79 Å². The Kier molecular flexibility index (Phi) is 5.30. The van der Waals surface area contributed by atoms with Gasteiger partial charge in [0.25, 0.3) is 5.91 Å². The summed E-state index contributed by atoms with van der Waals surface area (Å²) >= 11 is 1.58. The van der Waals surface area contributed by atoms with Crippen molar-refractivity contribution >= 4 is 23.2 Å². The summed E-state index contributed by atoms with van der Waals surface area (Å²) in [7, 11) is 0. The number of rotatable bonds is 5. The third kappa shape index (κ3) is 4.03. The van der Waals surface area contributed by atoms with Crippen LogP contribution in [-0.2, 0) is 28.9 Å². The number of amides is 1. The number of nitrogens with one attached hydrogen (secondary N) is 1. The summed E-state index contributed by atoms with van der Waals surface area (Å²) in [6, 6.07) is 9.60. The van der Waals surface area contributed by atoms with E-state index in [1.165, 1.54) is 17.5 Å². The number of ether oxygens (including phenoxy) is 1. The lowest BCUT2D eigenvalue weighted by atomic mass is 9.90. The molecule has 1 heterocycles. The molecule has 1 aliphatic rings. The Morgan fingerprint density at radius 1 is 1.21 bits per heavy atom. The van der Waals surface area contributed by atoms with Crippen molar-refractivity contribution in [2.75, 3.05) is 0 Å². The minimum atomic E-state index is -0.812. The Bertz CT molecular complexity index is 724. The monoisotopic (exact) mass is 343 g/mol. The van der Waals surface area contributed by atoms with Crippen LogP contribution in [0.25, 0.3) is 0 Å². The molecule has 1 aliphatic carbocycles. The molecule has 1 N–H and O–H groups in total. The van der Waals surface area contributed by atoms with Crippen molar-refractivity contribution in [3.8, 4) is 0 Å². The molecule has 0 unspecified atom stereocenters. The second-order valence-corrected chi connectivity index (χ2v) is 7.07. The molecule has 0 radical (unpaired) electrons. The number of benzene rings is 1. The van der Waals surface area contributed by atoms with E-state index in [1.807, 2.05) is 29.6 Å². The van der Waals surface area contributed by atoms with E-state index >= 15 is 0 Å². The third-order valence-electron chi connectivity index (χ3n) is 4.25. The first-order valence-electron chi connectivity index (χ1n) is 8.26. The van der Waals surface area contributed by atoms with Crippen LogP contribution in [0.3, 0.4) is 0 Å². The van der Waals surface area contributed by atoms with E-state index in [-0.39, 0.29) is 5.91 Å². The fourth-order valence-corrected chi connectivity index (χ4v) is 3.52. The number of hydrogen-bond donors (Lipinski definition) is 1. The van der Waals surface area contributed by atoms with Gasteiger partial charge in [-0.15, -0.1) is 11.3 Å². The van der Waals surface area contributed by atoms with Crippen LogP contribution in [0, 0.1) is 0 Å². The van der Waals surface area contributed by atoms with Crippen molar-refractivity contribution in [3.05, 3.63) is 57.3 Å². The van der Waals surface area contributed by atoms with Crippen LogP contribution < -0.4 is 5.32 Å². The lowest BCUT2D eigenvalue weighted by molar-refractivity contribution is -0.129. The zero-order chi connectivity index (χ0) is 16.9. The van der Waals surface area contributed by atoms with Crippen molar-refractivity contribution in [1.82, 2.24) is 5.32 Å². The van der Waals surface area contributed by atoms with E-state index in [2.05, 4.69) is 5.32 Å². The van der Waals surface area contributed by atoms with E-state index in [4.69, 9.17) is 4.74 Å². The first kappa shape index (κ1) is 16.7. The lowest BCUT2D eigenvalue weighted by Gasteiger charge is -2.17. The van der Waals surface area contributed by atoms with Crippen molar-refractivity contribution in [2.24, 2.45) is 0 Å². The molecule has 4 nitrogen and oxygen atoms in total. The normalized spacial score (nSPS) is 14.5. The molecule has 0 bridgehead atoms. The highest BCUT2D eigenvalue weighted by Crippen LogP contribution is 2.22. The second kappa shape index (κ2) is 7.62. The predicted octanol–water partition coefficient (Wildman–Crippen LogP) is 3.49. The van der Waals surface area contributed by atoms with E-state index in [0.717, 1.165) is 24.1 Å². The van der Waals surface area contributed by atoms with Gasteiger partial charge in [-0.05, 0) is 67.3 Å². The molecule has 126 valence electrons. The number of carbonyl (C=O) groups is 2. The standard InChI is InChI=1S/C19H21NO3S/c1-13(18(21)20-12-17-7-4-10-24-17)23-19(22)16-9-8-14-5-2-3-6-15(14)11-16/h4,7-11,13H,2-3,5-6,12H2,1H3,(H,20,21)/t13-/m0/s1. The number of fused-ring (bicyclic) bond motifs is 1. The van der Waals surface area contributed by atoms with Gasteiger partial charge < -0.3 is 10.1 Å². The summed E-state index contributed by atoms with van der Waals surface area (Å²) in [6.07, 6.45) is 3.64. The molecule has 2 aromatic rings. The highest BCUT2D eigenvalue weighted by molar-refractivity contribution is 7.09. The quantitative estimate of drug-likeness (QED) is 0.846. The molecule has 0 aliphatic heterocycles. The predicted molar refractivity (Wildman–Crippen MR) is 94.1 cm³/mol. The molecule has 1 aromatic carbocycles. The van der Waals surface area contributed by atoms with Gasteiger partial charge in [0, 0.05) is 4.88 Å². The number of hydrogen-bond acceptors (Lipinski definition) is 4. The van der Waals surface area contributed by atoms with Gasteiger partial charge in [0.2, 0.25) is 0 Å². The van der Waals surface area contributed by atoms with Gasteiger partial charge in [-0.2, -0.15) is 0 Å². The Morgan fingerprint density at radius 3 is 2.75 bits per heavy atom. The molecule has 0 saturated carbocycles. The minimum absolute atomic E-state index is 0.283. The molecule has 0 fully saturated rings. The van der Waals surface area contributed by atoms with Gasteiger partial charge in [-0.1, -0.05) is 12.1 Å². The van der Waals surface area contributed by atoms with E-state index in [9.17, 15) is 9.59 Å². The third-order valence-corrected chi connectivity index (χ3v) is 5.13. The second-order valence-electron chi connectivity index (χ2n) is 6.04. The van der Waals surface area contributed by atoms with Gasteiger partial charge in [-0.3, -0.25) is 4.79 Å². The number of esters is 1. The van der Waals surface area contributed by atoms with E-state index < -0.39 is 12.1 Å². The van der Waals surface area contributed by atoms with Gasteiger partial charge >= 0.3 is 5.97 Å². The highest BCUT2D eigenvalue weighted by atomic mass is 32.1. The molecule has 0 spiro atoms. The summed E-state index contributed by atoms with van der Waals surface area (Å²) in [4.78, 5) is 25.4. The maximum Gasteiger partial charge on any atom is 0.338 e. The first-order valence-corrected chi connectivity index (χ1v) is 9.14. The Hall–Kier alpha value is -2.14. The molecule has 1 amide bonds. The summed E-state index contributed by atoms with van der Waals surface area (Å²) in [6.45, 7) is 2.05. The molecule has 0 saturated heterocycles. The lowest BCUT2D eigenvalue weighted by Crippen LogP contribution is -2.35. The van der Waals surface area contributed by atoms with Crippen molar-refractivity contribution in [3.63, 3.8) is 0 Å². The molecule has 1 atom stereocenters. The van der Waals surface area contributed by atoms with Crippen molar-refractivity contribution < 1.29 is 14.3 Å². The highest BCUT2D eigenvalue weighted by Gasteiger charge is 2.20. The zero-order valence-corrected chi connectivity index (χ0v) is 14.5. The van der Waals surface area contributed by atoms with Crippen LogP contribution in [0.4, 0.5) is 0 Å². The Morgan fingerprint density at radius 2 is 2.00 bits per heavy atom. The minimum Gasteiger partial charge on any atom is -0.449 e. The molecule has 1 aromatic heterocycles. The zero-order valence-electron chi connectivity index (χ0n) is 13.7. The van der Waals surface area contributed by atoms with E-state index in [0.29, 0.717) is 12.1 Å². The average Bonchev–Trinajstić information content (AvgIpc) is 3.12. The fourth-order valence-electron chi connectivity index (χ4n) is 2.87. The fraction of sp³-hybridized carbons (Fsp3) is 0.368. The van der Waals surface area contributed by atoms with Gasteiger partial charge in [0.15, 0.2) is 6.10 Å². The molecule has 24 heavy (non-hydrogen) atoms. The van der Waals surface area contributed by atoms with Crippen LogP contribution in [0.1, 0.15) is 46.1 Å². The van der Waals surface area contributed by atoms with Crippen LogP contribution in [0.5, 0.6) is 0 Å². The maximum absolute atomic E-state index is 12.3. The molecular formula is C19H21NO3S. The summed E-state index contributed by atoms with van der Waals surface area (Å²) in [5, 5.41) is 4.75. The van der Waals surface area contributed by atoms with E-state index in [1.54, 1.807) is 24.3 Å². The molecule has 3 rings (SSSR count). The van der Waals surface area contributed by atoms with Crippen LogP contribution in [0.15, 0.2) is 35.7 Å². The smallest absolute Gasteiger partial charge is 0.338 e. The first-order chi connectivity index (χ1) is 11.6. The van der Waals surface area contributed by atoms with Crippen LogP contribution >= 0.6 is 11.3 Å². The van der Waals surface area contributed by atoms with Crippen molar-refractivity contribution in [1.29, 1.82) is 0 Å². The van der Waals surface area contributed by atoms with Crippen molar-refractivity contribution in [2.45, 2.75) is 45.3 Å². The number of aryl methyl sites for hydroxylation is 2. The topological polar surface area (TPSA) is 55.4 Å². The van der Waals surface area contributed by atoms with Crippen LogP contribution in [0.2, 0.25) is 0 Å². The largest absolute Gasteiger partial charge is 0.449 e. The summed E-state index contributed by atoms with van der Waals surface area (Å²) in [5.74, 6) is -0.725. The molecular weight excluding hydrogens is 322 g/mol. The van der Waals surface area contributed by atoms with Gasteiger partial charge in [0.05, 0.1) is 12.1 Å². The Balaban J connectivity index is 1.56. The van der Waals surface area contributed by atoms with Gasteiger partial charge in [0.1, 0.15) is 0 Å². The maximum atomic E-state index is 12.3. The summed E-state index contributed by atoms with van der Waals surface area (Å²) < 4.78 is 5.31. The number of carbonyl (C=O) groups excluding carboxylic acids is 2. The van der Waals surface area contributed by atoms with Crippen LogP contribution in [-0.4, -0.2) is 18.0 Å². The molecule has 5 heteroatoms. The summed E-state index contributed by atoms with van der Waals surface area (Å²) in [5.41, 5.74) is 3.07. The number of thiophene rings is 1. The Labute approximate surface area is 145 Å².